The summed E-state index contributed by atoms with van der Waals surface area (Å²) in [5.74, 6) is 5.18. The largest absolute Gasteiger partial charge is 0.384 e. The standard InChI is InChI=1S/C14H12N2O2S/c17-6-2-4-13-7-12(10-19-13)14(18)16-9-11-3-1-5-15-8-11/h1,3,5,7-8,10,17H,6,9H2,(H,16,18). The normalized spacial score (nSPS) is 9.53. The second-order valence-electron chi connectivity index (χ2n) is 3.70. The first-order valence-corrected chi connectivity index (χ1v) is 6.53. The summed E-state index contributed by atoms with van der Waals surface area (Å²) >= 11 is 1.38. The lowest BCUT2D eigenvalue weighted by molar-refractivity contribution is 0.0951. The highest BCUT2D eigenvalue weighted by atomic mass is 32.1. The van der Waals surface area contributed by atoms with Crippen molar-refractivity contribution in [2.24, 2.45) is 0 Å². The molecule has 2 rings (SSSR count). The molecule has 2 aromatic heterocycles. The lowest BCUT2D eigenvalue weighted by Gasteiger charge is -2.02. The Kier molecular flexibility index (Phi) is 4.67. The Balaban J connectivity index is 1.95. The van der Waals surface area contributed by atoms with E-state index in [1.165, 1.54) is 11.3 Å². The van der Waals surface area contributed by atoms with Gasteiger partial charge in [0, 0.05) is 24.3 Å². The maximum Gasteiger partial charge on any atom is 0.252 e. The van der Waals surface area contributed by atoms with Crippen LogP contribution in [0.1, 0.15) is 20.8 Å². The smallest absolute Gasteiger partial charge is 0.252 e. The molecule has 96 valence electrons. The molecule has 2 heterocycles. The van der Waals surface area contributed by atoms with Crippen LogP contribution in [0, 0.1) is 11.8 Å². The van der Waals surface area contributed by atoms with Gasteiger partial charge in [-0.3, -0.25) is 9.78 Å². The first-order valence-electron chi connectivity index (χ1n) is 5.65. The molecule has 2 aromatic rings. The topological polar surface area (TPSA) is 62.2 Å². The third kappa shape index (κ3) is 3.91. The molecule has 1 amide bonds. The minimum absolute atomic E-state index is 0.142. The lowest BCUT2D eigenvalue weighted by atomic mass is 10.2. The van der Waals surface area contributed by atoms with Crippen LogP contribution in [0.4, 0.5) is 0 Å². The van der Waals surface area contributed by atoms with Gasteiger partial charge in [0.2, 0.25) is 0 Å². The van der Waals surface area contributed by atoms with Crippen LogP contribution in [0.2, 0.25) is 0 Å². The molecule has 0 aliphatic heterocycles. The van der Waals surface area contributed by atoms with Crippen molar-refractivity contribution in [1.29, 1.82) is 0 Å². The maximum atomic E-state index is 11.9. The van der Waals surface area contributed by atoms with Gasteiger partial charge >= 0.3 is 0 Å². The van der Waals surface area contributed by atoms with Gasteiger partial charge in [-0.15, -0.1) is 11.3 Å². The molecule has 0 saturated heterocycles. The van der Waals surface area contributed by atoms with Crippen LogP contribution in [0.5, 0.6) is 0 Å². The van der Waals surface area contributed by atoms with Gasteiger partial charge in [-0.2, -0.15) is 0 Å². The van der Waals surface area contributed by atoms with Crippen LogP contribution in [-0.4, -0.2) is 22.6 Å². The number of hydrogen-bond donors (Lipinski definition) is 2. The van der Waals surface area contributed by atoms with E-state index in [-0.39, 0.29) is 12.5 Å². The molecule has 5 heteroatoms. The Morgan fingerprint density at radius 2 is 2.42 bits per heavy atom. The van der Waals surface area contributed by atoms with Crippen molar-refractivity contribution in [3.05, 3.63) is 52.0 Å². The Bertz CT molecular complexity index is 611. The lowest BCUT2D eigenvalue weighted by Crippen LogP contribution is -2.22. The van der Waals surface area contributed by atoms with E-state index in [4.69, 9.17) is 5.11 Å². The van der Waals surface area contributed by atoms with Crippen LogP contribution < -0.4 is 5.32 Å². The van der Waals surface area contributed by atoms with Gasteiger partial charge in [-0.05, 0) is 17.7 Å². The number of aromatic nitrogens is 1. The van der Waals surface area contributed by atoms with Crippen LogP contribution in [-0.2, 0) is 6.54 Å². The second-order valence-corrected chi connectivity index (χ2v) is 4.61. The van der Waals surface area contributed by atoms with Gasteiger partial charge in [-0.1, -0.05) is 17.9 Å². The summed E-state index contributed by atoms with van der Waals surface area (Å²) in [6.07, 6.45) is 3.41. The van der Waals surface area contributed by atoms with Gasteiger partial charge in [0.05, 0.1) is 10.4 Å². The van der Waals surface area contributed by atoms with Crippen molar-refractivity contribution in [2.45, 2.75) is 6.54 Å². The van der Waals surface area contributed by atoms with E-state index in [1.54, 1.807) is 23.8 Å². The summed E-state index contributed by atoms with van der Waals surface area (Å²) in [6.45, 7) is 0.264. The first-order chi connectivity index (χ1) is 9.29. The van der Waals surface area contributed by atoms with Gasteiger partial charge in [-0.25, -0.2) is 0 Å². The summed E-state index contributed by atoms with van der Waals surface area (Å²) < 4.78 is 0. The van der Waals surface area contributed by atoms with Crippen molar-refractivity contribution in [1.82, 2.24) is 10.3 Å². The Labute approximate surface area is 115 Å². The number of carbonyl (C=O) groups is 1. The zero-order valence-electron chi connectivity index (χ0n) is 10.1. The van der Waals surface area contributed by atoms with Crippen molar-refractivity contribution >= 4 is 17.2 Å². The van der Waals surface area contributed by atoms with E-state index in [1.807, 2.05) is 12.1 Å². The first kappa shape index (κ1) is 13.3. The van der Waals surface area contributed by atoms with E-state index in [9.17, 15) is 4.79 Å². The van der Waals surface area contributed by atoms with E-state index in [0.29, 0.717) is 12.1 Å². The molecule has 0 saturated carbocycles. The van der Waals surface area contributed by atoms with Gasteiger partial charge in [0.1, 0.15) is 6.61 Å². The van der Waals surface area contributed by atoms with Crippen molar-refractivity contribution in [3.8, 4) is 11.8 Å². The zero-order valence-corrected chi connectivity index (χ0v) is 10.9. The van der Waals surface area contributed by atoms with Gasteiger partial charge in [0.15, 0.2) is 0 Å². The second kappa shape index (κ2) is 6.69. The summed E-state index contributed by atoms with van der Waals surface area (Å²) in [5, 5.41) is 13.2. The molecule has 2 N–H and O–H groups in total. The predicted molar refractivity (Wildman–Crippen MR) is 73.7 cm³/mol. The van der Waals surface area contributed by atoms with Crippen molar-refractivity contribution < 1.29 is 9.90 Å². The van der Waals surface area contributed by atoms with Crippen LogP contribution in [0.25, 0.3) is 0 Å². The molecule has 0 aliphatic rings. The maximum absolute atomic E-state index is 11.9. The summed E-state index contributed by atoms with van der Waals surface area (Å²) in [5.41, 5.74) is 1.53. The molecule has 0 spiro atoms. The molecule has 0 aromatic carbocycles. The Hall–Kier alpha value is -2.16. The van der Waals surface area contributed by atoms with E-state index in [0.717, 1.165) is 10.4 Å². The average molecular weight is 272 g/mol. The molecule has 19 heavy (non-hydrogen) atoms. The van der Waals surface area contributed by atoms with E-state index >= 15 is 0 Å². The Morgan fingerprint density at radius 3 is 3.16 bits per heavy atom. The van der Waals surface area contributed by atoms with Gasteiger partial charge in [0.25, 0.3) is 5.91 Å². The quantitative estimate of drug-likeness (QED) is 0.831. The highest BCUT2D eigenvalue weighted by Gasteiger charge is 2.07. The number of carbonyl (C=O) groups excluding carboxylic acids is 1. The molecule has 0 bridgehead atoms. The molecule has 0 radical (unpaired) electrons. The number of aliphatic hydroxyl groups excluding tert-OH is 1. The third-order valence-corrected chi connectivity index (χ3v) is 3.17. The summed E-state index contributed by atoms with van der Waals surface area (Å²) in [6, 6.07) is 5.44. The number of nitrogens with one attached hydrogen (secondary N) is 1. The summed E-state index contributed by atoms with van der Waals surface area (Å²) in [4.78, 5) is 16.6. The number of nitrogens with zero attached hydrogens (tertiary/aromatic N) is 1. The van der Waals surface area contributed by atoms with Crippen molar-refractivity contribution in [3.63, 3.8) is 0 Å². The van der Waals surface area contributed by atoms with Crippen LogP contribution >= 0.6 is 11.3 Å². The predicted octanol–water partition coefficient (Wildman–Crippen LogP) is 1.42. The molecule has 0 unspecified atom stereocenters. The molecule has 0 atom stereocenters. The zero-order chi connectivity index (χ0) is 13.5. The number of aliphatic hydroxyl groups is 1. The van der Waals surface area contributed by atoms with E-state index < -0.39 is 0 Å². The minimum atomic E-state index is -0.180. The molecule has 0 aliphatic carbocycles. The highest BCUT2D eigenvalue weighted by molar-refractivity contribution is 7.10. The summed E-state index contributed by atoms with van der Waals surface area (Å²) in [7, 11) is 0. The van der Waals surface area contributed by atoms with Crippen LogP contribution in [0.3, 0.4) is 0 Å². The SMILES string of the molecule is O=C(NCc1cccnc1)c1csc(C#CCO)c1. The number of hydrogen-bond acceptors (Lipinski definition) is 4. The molecule has 0 fully saturated rings. The monoisotopic (exact) mass is 272 g/mol. The minimum Gasteiger partial charge on any atom is -0.384 e. The van der Waals surface area contributed by atoms with Gasteiger partial charge < -0.3 is 10.4 Å². The Morgan fingerprint density at radius 1 is 1.53 bits per heavy atom. The third-order valence-electron chi connectivity index (χ3n) is 2.33. The van der Waals surface area contributed by atoms with Crippen LogP contribution in [0.15, 0.2) is 36.0 Å². The molecular weight excluding hydrogens is 260 g/mol. The fraction of sp³-hybridized carbons (Fsp3) is 0.143. The number of rotatable bonds is 3. The fourth-order valence-corrected chi connectivity index (χ4v) is 2.19. The van der Waals surface area contributed by atoms with E-state index in [2.05, 4.69) is 22.1 Å². The fourth-order valence-electron chi connectivity index (χ4n) is 1.43. The highest BCUT2D eigenvalue weighted by Crippen LogP contribution is 2.13. The number of thiophene rings is 1. The molecule has 4 nitrogen and oxygen atoms in total. The number of amides is 1. The number of pyridine rings is 1. The average Bonchev–Trinajstić information content (AvgIpc) is 2.92. The van der Waals surface area contributed by atoms with Crippen molar-refractivity contribution in [2.75, 3.05) is 6.61 Å². The molecular formula is C14H12N2O2S.